The Kier molecular flexibility index (Phi) is 12.2. The molecule has 48 heavy (non-hydrogen) atoms. The lowest BCUT2D eigenvalue weighted by Crippen LogP contribution is -2.62. The van der Waals surface area contributed by atoms with E-state index in [1.54, 1.807) is 46.8 Å². The highest BCUT2D eigenvalue weighted by atomic mass is 32.2. The number of carbonyl (C=O) groups is 5. The Morgan fingerprint density at radius 3 is 2.31 bits per heavy atom. The molecule has 0 spiro atoms. The smallest absolute Gasteiger partial charge is 0.315 e. The van der Waals surface area contributed by atoms with Crippen LogP contribution < -0.4 is 21.3 Å². The highest BCUT2D eigenvalue weighted by molar-refractivity contribution is 7.91. The van der Waals surface area contributed by atoms with Crippen molar-refractivity contribution >= 4 is 39.4 Å². The number of piperidine rings is 1. The molecule has 1 saturated carbocycles. The fourth-order valence-corrected chi connectivity index (χ4v) is 8.07. The molecule has 1 aliphatic carbocycles. The van der Waals surface area contributed by atoms with Gasteiger partial charge in [-0.1, -0.05) is 74.0 Å². The molecule has 1 saturated heterocycles. The number of nitrogens with zero attached hydrogens (tertiary/aromatic N) is 2. The molecule has 2 fully saturated rings. The van der Waals surface area contributed by atoms with Crippen LogP contribution >= 0.6 is 0 Å². The van der Waals surface area contributed by atoms with Gasteiger partial charge in [0.05, 0.1) is 11.8 Å². The van der Waals surface area contributed by atoms with Crippen molar-refractivity contribution in [2.24, 2.45) is 28.6 Å². The van der Waals surface area contributed by atoms with Crippen molar-refractivity contribution in [2.45, 2.75) is 97.4 Å². The van der Waals surface area contributed by atoms with Crippen LogP contribution in [0.25, 0.3) is 0 Å². The summed E-state index contributed by atoms with van der Waals surface area (Å²) in [6, 6.07) is 0.0145. The molecule has 13 nitrogen and oxygen atoms in total. The Morgan fingerprint density at radius 1 is 1.10 bits per heavy atom. The normalized spacial score (nSPS) is 21.7. The van der Waals surface area contributed by atoms with Crippen molar-refractivity contribution in [3.63, 3.8) is 0 Å². The highest BCUT2D eigenvalue weighted by Crippen LogP contribution is 2.65. The summed E-state index contributed by atoms with van der Waals surface area (Å²) in [5.41, 5.74) is -1.02. The number of pyridine rings is 1. The largest absolute Gasteiger partial charge is 0.346 e. The van der Waals surface area contributed by atoms with Crippen LogP contribution in [-0.4, -0.2) is 90.8 Å². The summed E-state index contributed by atoms with van der Waals surface area (Å²) in [5, 5.41) is 10.6. The molecule has 1 aliphatic heterocycles. The number of carbonyl (C=O) groups excluding carboxylic acids is 5. The predicted molar refractivity (Wildman–Crippen MR) is 181 cm³/mol. The minimum Gasteiger partial charge on any atom is -0.346 e. The van der Waals surface area contributed by atoms with E-state index in [-0.39, 0.29) is 53.5 Å². The van der Waals surface area contributed by atoms with Crippen molar-refractivity contribution in [3.05, 3.63) is 37.1 Å². The summed E-state index contributed by atoms with van der Waals surface area (Å²) in [5.74, 6) is -3.39. The van der Waals surface area contributed by atoms with Crippen molar-refractivity contribution in [3.8, 4) is 0 Å². The van der Waals surface area contributed by atoms with E-state index in [1.807, 2.05) is 20.8 Å². The van der Waals surface area contributed by atoms with Crippen LogP contribution in [0.4, 0.5) is 4.79 Å². The Hall–Kier alpha value is -3.81. The molecule has 6 atom stereocenters. The lowest BCUT2D eigenvalue weighted by Gasteiger charge is -2.38. The van der Waals surface area contributed by atoms with E-state index in [4.69, 9.17) is 0 Å². The van der Waals surface area contributed by atoms with Crippen LogP contribution in [0.3, 0.4) is 0 Å². The number of Topliss-reactive ketones (excluding diaryl/α,β-unsaturated/α-hetero) is 1. The van der Waals surface area contributed by atoms with Crippen molar-refractivity contribution < 1.29 is 32.4 Å². The molecular weight excluding hydrogens is 636 g/mol. The van der Waals surface area contributed by atoms with E-state index in [9.17, 15) is 32.4 Å². The summed E-state index contributed by atoms with van der Waals surface area (Å²) in [7, 11) is -3.82. The molecule has 0 bridgehead atoms. The number of sulfone groups is 1. The molecule has 5 amide bonds. The standard InChI is InChI=1S/C34H52N6O7S/c1-10-14-22(27(41)30(43)36-16-11-2)37-29(42)26-25-21(34(25,8)9)18-40(26)31(44)28(33(5,6)7)39-32(45)38-23(20(3)4)19-48(46,47)24-15-12-13-17-35-24/h11-13,15,17,20-23,25-26,28H,2,10,14,16,18-19H2,1,3-9H3,(H,36,43)(H,37,42)(H2,38,39,45)/t21-,22?,23+,25-,26-,28+/m0/s1. The van der Waals surface area contributed by atoms with Gasteiger partial charge in [0.1, 0.15) is 12.1 Å². The summed E-state index contributed by atoms with van der Waals surface area (Å²) in [4.78, 5) is 72.4. The number of amides is 5. The minimum atomic E-state index is -3.82. The maximum Gasteiger partial charge on any atom is 0.315 e. The van der Waals surface area contributed by atoms with Gasteiger partial charge < -0.3 is 26.2 Å². The minimum absolute atomic E-state index is 0.0324. The first kappa shape index (κ1) is 38.6. The molecule has 0 aromatic carbocycles. The number of fused-ring (bicyclic) bond motifs is 1. The predicted octanol–water partition coefficient (Wildman–Crippen LogP) is 2.23. The van der Waals surface area contributed by atoms with E-state index < -0.39 is 69.0 Å². The zero-order chi connectivity index (χ0) is 36.2. The molecule has 1 aromatic heterocycles. The zero-order valence-electron chi connectivity index (χ0n) is 29.3. The molecule has 1 unspecified atom stereocenters. The number of ketones is 1. The number of urea groups is 1. The van der Waals surface area contributed by atoms with Gasteiger partial charge in [-0.25, -0.2) is 18.2 Å². The van der Waals surface area contributed by atoms with E-state index >= 15 is 0 Å². The van der Waals surface area contributed by atoms with Crippen molar-refractivity contribution in [1.29, 1.82) is 0 Å². The van der Waals surface area contributed by atoms with Gasteiger partial charge in [-0.2, -0.15) is 0 Å². The van der Waals surface area contributed by atoms with Crippen molar-refractivity contribution in [2.75, 3.05) is 18.8 Å². The van der Waals surface area contributed by atoms with E-state index in [2.05, 4.69) is 32.8 Å². The number of hydrogen-bond acceptors (Lipinski definition) is 8. The van der Waals surface area contributed by atoms with Crippen LogP contribution in [-0.2, 0) is 29.0 Å². The van der Waals surface area contributed by atoms with Gasteiger partial charge in [-0.3, -0.25) is 19.2 Å². The maximum atomic E-state index is 14.3. The summed E-state index contributed by atoms with van der Waals surface area (Å²) in [6.07, 6.45) is 3.60. The Labute approximate surface area is 284 Å². The van der Waals surface area contributed by atoms with Crippen LogP contribution in [0.5, 0.6) is 0 Å². The zero-order valence-corrected chi connectivity index (χ0v) is 30.1. The lowest BCUT2D eigenvalue weighted by atomic mass is 9.85. The first-order chi connectivity index (χ1) is 22.3. The number of rotatable bonds is 15. The molecular formula is C34H52N6O7S. The molecule has 2 heterocycles. The maximum absolute atomic E-state index is 14.3. The average Bonchev–Trinajstić information content (AvgIpc) is 3.32. The molecule has 266 valence electrons. The number of likely N-dealkylation sites (tertiary alicyclic amines) is 1. The highest BCUT2D eigenvalue weighted by Gasteiger charge is 2.70. The van der Waals surface area contributed by atoms with Gasteiger partial charge in [0.25, 0.3) is 5.91 Å². The van der Waals surface area contributed by atoms with Gasteiger partial charge in [0, 0.05) is 25.3 Å². The molecule has 14 heteroatoms. The number of hydrogen-bond donors (Lipinski definition) is 4. The third kappa shape index (κ3) is 8.80. The number of aromatic nitrogens is 1. The third-order valence-electron chi connectivity index (χ3n) is 9.47. The molecule has 1 aromatic rings. The lowest BCUT2D eigenvalue weighted by molar-refractivity contribution is -0.145. The Morgan fingerprint density at radius 2 is 1.77 bits per heavy atom. The molecule has 2 aliphatic rings. The van der Waals surface area contributed by atoms with E-state index in [0.717, 1.165) is 0 Å². The first-order valence-corrected chi connectivity index (χ1v) is 18.2. The summed E-state index contributed by atoms with van der Waals surface area (Å²) < 4.78 is 26.1. The molecule has 0 radical (unpaired) electrons. The molecule has 3 rings (SSSR count). The van der Waals surface area contributed by atoms with Gasteiger partial charge in [-0.05, 0) is 47.1 Å². The summed E-state index contributed by atoms with van der Waals surface area (Å²) >= 11 is 0. The van der Waals surface area contributed by atoms with Gasteiger partial charge in [-0.15, -0.1) is 6.58 Å². The van der Waals surface area contributed by atoms with Crippen LogP contribution in [0.15, 0.2) is 42.1 Å². The number of nitrogens with one attached hydrogen (secondary N) is 4. The monoisotopic (exact) mass is 688 g/mol. The fourth-order valence-electron chi connectivity index (χ4n) is 6.45. The fraction of sp³-hybridized carbons (Fsp3) is 0.647. The first-order valence-electron chi connectivity index (χ1n) is 16.5. The van der Waals surface area contributed by atoms with Crippen LogP contribution in [0.2, 0.25) is 0 Å². The Bertz CT molecular complexity index is 1490. The second-order valence-corrected chi connectivity index (χ2v) is 16.8. The quantitative estimate of drug-likeness (QED) is 0.160. The topological polar surface area (TPSA) is 184 Å². The van der Waals surface area contributed by atoms with E-state index in [1.165, 1.54) is 23.2 Å². The second kappa shape index (κ2) is 15.2. The molecule has 4 N–H and O–H groups in total. The van der Waals surface area contributed by atoms with Crippen molar-refractivity contribution in [1.82, 2.24) is 31.2 Å². The van der Waals surface area contributed by atoms with Crippen LogP contribution in [0, 0.1) is 28.6 Å². The van der Waals surface area contributed by atoms with Gasteiger partial charge in [0.15, 0.2) is 14.9 Å². The van der Waals surface area contributed by atoms with Gasteiger partial charge >= 0.3 is 6.03 Å². The van der Waals surface area contributed by atoms with E-state index in [0.29, 0.717) is 6.42 Å². The third-order valence-corrected chi connectivity index (χ3v) is 11.1. The summed E-state index contributed by atoms with van der Waals surface area (Å²) in [6.45, 7) is 18.7. The van der Waals surface area contributed by atoms with Gasteiger partial charge in [0.2, 0.25) is 17.6 Å². The Balaban J connectivity index is 1.81. The average molecular weight is 689 g/mol. The SMILES string of the molecule is C=CCNC(=O)C(=O)C(CCC)NC(=O)[C@@H]1[C@@H]2[C@H](CN1C(=O)[C@@H](NC(=O)N[C@H](CS(=O)(=O)c1ccccn1)C(C)C)C(C)(C)C)C2(C)C. The van der Waals surface area contributed by atoms with Crippen LogP contribution in [0.1, 0.15) is 68.2 Å². The second-order valence-electron chi connectivity index (χ2n) is 14.8.